The van der Waals surface area contributed by atoms with Gasteiger partial charge in [0.05, 0.1) is 17.4 Å². The summed E-state index contributed by atoms with van der Waals surface area (Å²) in [6.45, 7) is 0. The average molecular weight is 260 g/mol. The lowest BCUT2D eigenvalue weighted by atomic mass is 9.91. The highest BCUT2D eigenvalue weighted by atomic mass is 15.3. The summed E-state index contributed by atoms with van der Waals surface area (Å²) in [6.07, 6.45) is 6.15. The van der Waals surface area contributed by atoms with Crippen LogP contribution in [0.2, 0.25) is 0 Å². The molecule has 0 spiro atoms. The molecule has 1 heterocycles. The van der Waals surface area contributed by atoms with E-state index in [2.05, 4.69) is 46.2 Å². The molecule has 1 aromatic heterocycles. The van der Waals surface area contributed by atoms with Crippen molar-refractivity contribution in [3.8, 4) is 5.69 Å². The maximum absolute atomic E-state index is 4.59. The predicted octanol–water partition coefficient (Wildman–Crippen LogP) is 4.39. The van der Waals surface area contributed by atoms with Crippen LogP contribution >= 0.6 is 0 Å². The van der Waals surface area contributed by atoms with E-state index in [9.17, 15) is 0 Å². The lowest BCUT2D eigenvalue weighted by molar-refractivity contribution is 0.718. The molecule has 0 N–H and O–H groups in total. The van der Waals surface area contributed by atoms with Crippen LogP contribution in [-0.2, 0) is 0 Å². The largest absolute Gasteiger partial charge is 0.233 e. The topological polar surface area (TPSA) is 17.8 Å². The highest BCUT2D eigenvalue weighted by molar-refractivity contribution is 5.83. The van der Waals surface area contributed by atoms with Gasteiger partial charge in [0.25, 0.3) is 0 Å². The number of rotatable bonds is 1. The summed E-state index contributed by atoms with van der Waals surface area (Å²) in [5, 5.41) is 5.87. The summed E-state index contributed by atoms with van der Waals surface area (Å²) in [5.74, 6) is 1.62. The van der Waals surface area contributed by atoms with Crippen molar-refractivity contribution in [2.45, 2.75) is 31.1 Å². The summed E-state index contributed by atoms with van der Waals surface area (Å²) >= 11 is 0. The van der Waals surface area contributed by atoms with Gasteiger partial charge in [-0.15, -0.1) is 0 Å². The van der Waals surface area contributed by atoms with Crippen molar-refractivity contribution in [3.63, 3.8) is 0 Å². The van der Waals surface area contributed by atoms with Crippen LogP contribution in [0.25, 0.3) is 16.6 Å². The number of hydrogen-bond acceptors (Lipinski definition) is 1. The summed E-state index contributed by atoms with van der Waals surface area (Å²) < 4.78 is 2.07. The molecule has 2 atom stereocenters. The predicted molar refractivity (Wildman–Crippen MR) is 80.4 cm³/mol. The first-order valence-electron chi connectivity index (χ1n) is 7.47. The fraction of sp³-hybridized carbons (Fsp3) is 0.278. The number of aromatic nitrogens is 2. The Labute approximate surface area is 118 Å². The number of benzene rings is 2. The zero-order chi connectivity index (χ0) is 13.1. The first kappa shape index (κ1) is 10.7. The molecule has 0 aliphatic heterocycles. The van der Waals surface area contributed by atoms with Crippen LogP contribution in [-0.4, -0.2) is 9.78 Å². The van der Waals surface area contributed by atoms with Crippen LogP contribution in [0, 0.1) is 0 Å². The molecule has 2 bridgehead atoms. The zero-order valence-corrected chi connectivity index (χ0v) is 11.3. The smallest absolute Gasteiger partial charge is 0.0744 e. The summed E-state index contributed by atoms with van der Waals surface area (Å²) in [5.41, 5.74) is 5.58. The minimum atomic E-state index is 0.804. The van der Waals surface area contributed by atoms with Gasteiger partial charge in [-0.3, -0.25) is 0 Å². The highest BCUT2D eigenvalue weighted by Crippen LogP contribution is 2.53. The molecule has 0 amide bonds. The van der Waals surface area contributed by atoms with Gasteiger partial charge in [-0.05, 0) is 66.5 Å². The zero-order valence-electron chi connectivity index (χ0n) is 11.3. The maximum Gasteiger partial charge on any atom is 0.0744 e. The quantitative estimate of drug-likeness (QED) is 0.634. The van der Waals surface area contributed by atoms with Crippen molar-refractivity contribution < 1.29 is 0 Å². The first-order chi connectivity index (χ1) is 9.90. The average Bonchev–Trinajstić information content (AvgIpc) is 3.20. The van der Waals surface area contributed by atoms with E-state index in [4.69, 9.17) is 0 Å². The molecule has 2 aliphatic rings. The molecule has 98 valence electrons. The number of hydrogen-bond donors (Lipinski definition) is 0. The standard InChI is InChI=1S/C18H16N2/c1-2-4-15(5-3-1)20-18-10-17-13-7-6-12(8-13)16(17)9-14(18)11-19-20/h1-5,9-13H,6-8H2. The Kier molecular flexibility index (Phi) is 1.99. The molecule has 2 aromatic carbocycles. The van der Waals surface area contributed by atoms with Gasteiger partial charge in [0.2, 0.25) is 0 Å². The molecule has 1 saturated carbocycles. The minimum absolute atomic E-state index is 0.804. The molecule has 3 aromatic rings. The fourth-order valence-corrected chi connectivity index (χ4v) is 4.14. The lowest BCUT2D eigenvalue weighted by Crippen LogP contribution is -2.00. The Balaban J connectivity index is 1.77. The van der Waals surface area contributed by atoms with Crippen LogP contribution < -0.4 is 0 Å². The summed E-state index contributed by atoms with van der Waals surface area (Å²) in [6, 6.07) is 15.2. The molecule has 2 heteroatoms. The van der Waals surface area contributed by atoms with Crippen molar-refractivity contribution >= 4 is 10.9 Å². The molecule has 0 saturated heterocycles. The normalized spacial score (nSPS) is 23.4. The molecule has 0 radical (unpaired) electrons. The van der Waals surface area contributed by atoms with Crippen LogP contribution in [0.4, 0.5) is 0 Å². The third-order valence-corrected chi connectivity index (χ3v) is 5.09. The Morgan fingerprint density at radius 3 is 2.50 bits per heavy atom. The molecule has 5 rings (SSSR count). The number of nitrogens with zero attached hydrogens (tertiary/aromatic N) is 2. The molecule has 2 unspecified atom stereocenters. The van der Waals surface area contributed by atoms with Gasteiger partial charge in [0, 0.05) is 5.39 Å². The SMILES string of the molecule is c1ccc(-n2ncc3cc4c(cc32)C2CCC4C2)cc1. The van der Waals surface area contributed by atoms with Crippen molar-refractivity contribution in [1.29, 1.82) is 0 Å². The minimum Gasteiger partial charge on any atom is -0.233 e. The van der Waals surface area contributed by atoms with Gasteiger partial charge < -0.3 is 0 Å². The van der Waals surface area contributed by atoms with E-state index in [0.29, 0.717) is 0 Å². The van der Waals surface area contributed by atoms with Gasteiger partial charge in [0.15, 0.2) is 0 Å². The Hall–Kier alpha value is -2.09. The van der Waals surface area contributed by atoms with E-state index in [1.54, 1.807) is 11.1 Å². The Morgan fingerprint density at radius 2 is 1.70 bits per heavy atom. The van der Waals surface area contributed by atoms with E-state index >= 15 is 0 Å². The van der Waals surface area contributed by atoms with E-state index in [1.165, 1.54) is 30.2 Å². The third-order valence-electron chi connectivity index (χ3n) is 5.09. The Bertz CT molecular complexity index is 801. The molecule has 1 fully saturated rings. The van der Waals surface area contributed by atoms with Crippen molar-refractivity contribution in [2.75, 3.05) is 0 Å². The molecule has 2 aliphatic carbocycles. The van der Waals surface area contributed by atoms with E-state index in [1.807, 2.05) is 12.3 Å². The first-order valence-corrected chi connectivity index (χ1v) is 7.47. The second-order valence-corrected chi connectivity index (χ2v) is 6.14. The van der Waals surface area contributed by atoms with Crippen LogP contribution in [0.3, 0.4) is 0 Å². The van der Waals surface area contributed by atoms with Gasteiger partial charge >= 0.3 is 0 Å². The maximum atomic E-state index is 4.59. The summed E-state index contributed by atoms with van der Waals surface area (Å²) in [4.78, 5) is 0. The van der Waals surface area contributed by atoms with Crippen LogP contribution in [0.1, 0.15) is 42.2 Å². The van der Waals surface area contributed by atoms with Crippen molar-refractivity contribution in [3.05, 3.63) is 59.8 Å². The monoisotopic (exact) mass is 260 g/mol. The van der Waals surface area contributed by atoms with Crippen LogP contribution in [0.15, 0.2) is 48.7 Å². The fourth-order valence-electron chi connectivity index (χ4n) is 4.14. The van der Waals surface area contributed by atoms with Crippen LogP contribution in [0.5, 0.6) is 0 Å². The second kappa shape index (κ2) is 3.72. The van der Waals surface area contributed by atoms with Gasteiger partial charge in [-0.1, -0.05) is 18.2 Å². The van der Waals surface area contributed by atoms with E-state index < -0.39 is 0 Å². The Morgan fingerprint density at radius 1 is 0.950 bits per heavy atom. The van der Waals surface area contributed by atoms with E-state index in [0.717, 1.165) is 17.5 Å². The molecule has 20 heavy (non-hydrogen) atoms. The van der Waals surface area contributed by atoms with Crippen molar-refractivity contribution in [1.82, 2.24) is 9.78 Å². The molecule has 2 nitrogen and oxygen atoms in total. The number of para-hydroxylation sites is 1. The molecular weight excluding hydrogens is 244 g/mol. The van der Waals surface area contributed by atoms with Gasteiger partial charge in [0.1, 0.15) is 0 Å². The number of fused-ring (bicyclic) bond motifs is 6. The van der Waals surface area contributed by atoms with Gasteiger partial charge in [-0.2, -0.15) is 5.10 Å². The lowest BCUT2D eigenvalue weighted by Gasteiger charge is -2.15. The van der Waals surface area contributed by atoms with E-state index in [-0.39, 0.29) is 0 Å². The highest BCUT2D eigenvalue weighted by Gasteiger charge is 2.37. The van der Waals surface area contributed by atoms with Gasteiger partial charge in [-0.25, -0.2) is 4.68 Å². The second-order valence-electron chi connectivity index (χ2n) is 6.14. The van der Waals surface area contributed by atoms with Crippen molar-refractivity contribution in [2.24, 2.45) is 0 Å². The summed E-state index contributed by atoms with van der Waals surface area (Å²) in [7, 11) is 0. The molecular formula is C18H16N2. The third kappa shape index (κ3) is 1.31.